The lowest BCUT2D eigenvalue weighted by Crippen LogP contribution is -2.30. The van der Waals surface area contributed by atoms with Gasteiger partial charge in [0.15, 0.2) is 23.3 Å². The molecule has 0 fully saturated rings. The summed E-state index contributed by atoms with van der Waals surface area (Å²) in [6, 6.07) is 10.9. The third-order valence-electron chi connectivity index (χ3n) is 3.88. The van der Waals surface area contributed by atoms with Crippen LogP contribution in [0.25, 0.3) is 0 Å². The summed E-state index contributed by atoms with van der Waals surface area (Å²) in [5.41, 5.74) is 0.400. The van der Waals surface area contributed by atoms with Gasteiger partial charge in [-0.3, -0.25) is 0 Å². The SMILES string of the molecule is C[Si](C)(CCc1c(F)c(F)c(F)c(F)c1F)Cc1ccccc1. The highest BCUT2D eigenvalue weighted by molar-refractivity contribution is 6.76. The van der Waals surface area contributed by atoms with E-state index in [0.29, 0.717) is 6.04 Å². The van der Waals surface area contributed by atoms with Crippen molar-refractivity contribution >= 4 is 8.07 Å². The second-order valence-corrected chi connectivity index (χ2v) is 11.6. The molecule has 0 atom stereocenters. The molecule has 0 aliphatic rings. The minimum Gasteiger partial charge on any atom is -0.203 e. The van der Waals surface area contributed by atoms with E-state index in [1.54, 1.807) is 0 Å². The highest BCUT2D eigenvalue weighted by Gasteiger charge is 2.28. The third-order valence-corrected chi connectivity index (χ3v) is 6.85. The van der Waals surface area contributed by atoms with Crippen molar-refractivity contribution < 1.29 is 22.0 Å². The van der Waals surface area contributed by atoms with Crippen LogP contribution in [0, 0.1) is 29.1 Å². The van der Waals surface area contributed by atoms with Gasteiger partial charge in [-0.2, -0.15) is 0 Å². The molecular weight excluding hydrogens is 327 g/mol. The Labute approximate surface area is 133 Å². The highest BCUT2D eigenvalue weighted by Crippen LogP contribution is 2.26. The normalized spacial score (nSPS) is 11.8. The van der Waals surface area contributed by atoms with Crippen LogP contribution in [0.5, 0.6) is 0 Å². The second-order valence-electron chi connectivity index (χ2n) is 6.38. The molecule has 0 unspecified atom stereocenters. The Morgan fingerprint density at radius 1 is 0.739 bits per heavy atom. The van der Waals surface area contributed by atoms with Crippen molar-refractivity contribution in [1.29, 1.82) is 0 Å². The smallest absolute Gasteiger partial charge is 0.200 e. The Morgan fingerprint density at radius 3 is 1.74 bits per heavy atom. The molecule has 0 bridgehead atoms. The summed E-state index contributed by atoms with van der Waals surface area (Å²) in [6.45, 7) is 4.07. The summed E-state index contributed by atoms with van der Waals surface area (Å²) >= 11 is 0. The summed E-state index contributed by atoms with van der Waals surface area (Å²) in [5, 5.41) is 0. The van der Waals surface area contributed by atoms with Gasteiger partial charge in [-0.1, -0.05) is 55.0 Å². The molecule has 0 amide bonds. The van der Waals surface area contributed by atoms with Gasteiger partial charge in [0, 0.05) is 5.56 Å². The summed E-state index contributed by atoms with van der Waals surface area (Å²) in [6.07, 6.45) is -0.155. The van der Waals surface area contributed by atoms with E-state index in [9.17, 15) is 22.0 Å². The first-order valence-electron chi connectivity index (χ1n) is 7.27. The van der Waals surface area contributed by atoms with E-state index in [4.69, 9.17) is 0 Å². The number of halogens is 5. The molecule has 0 nitrogen and oxygen atoms in total. The van der Waals surface area contributed by atoms with Crippen LogP contribution in [-0.2, 0) is 12.5 Å². The topological polar surface area (TPSA) is 0 Å². The molecule has 124 valence electrons. The zero-order valence-corrected chi connectivity index (χ0v) is 13.9. The number of rotatable bonds is 5. The van der Waals surface area contributed by atoms with Gasteiger partial charge in [-0.05, 0) is 12.5 Å². The largest absolute Gasteiger partial charge is 0.203 e. The van der Waals surface area contributed by atoms with Gasteiger partial charge in [0.25, 0.3) is 0 Å². The first-order chi connectivity index (χ1) is 10.7. The first-order valence-corrected chi connectivity index (χ1v) is 10.7. The van der Waals surface area contributed by atoms with Gasteiger partial charge in [-0.25, -0.2) is 22.0 Å². The molecule has 0 aliphatic heterocycles. The van der Waals surface area contributed by atoms with Crippen molar-refractivity contribution in [2.24, 2.45) is 0 Å². The van der Waals surface area contributed by atoms with Gasteiger partial charge in [-0.15, -0.1) is 0 Å². The fraction of sp³-hybridized carbons (Fsp3) is 0.294. The average molecular weight is 344 g/mol. The van der Waals surface area contributed by atoms with Crippen molar-refractivity contribution in [2.75, 3.05) is 0 Å². The fourth-order valence-electron chi connectivity index (χ4n) is 2.57. The van der Waals surface area contributed by atoms with Gasteiger partial charge < -0.3 is 0 Å². The van der Waals surface area contributed by atoms with Crippen molar-refractivity contribution in [3.63, 3.8) is 0 Å². The maximum Gasteiger partial charge on any atom is 0.200 e. The van der Waals surface area contributed by atoms with Crippen LogP contribution in [0.4, 0.5) is 22.0 Å². The van der Waals surface area contributed by atoms with Crippen LogP contribution in [-0.4, -0.2) is 8.07 Å². The van der Waals surface area contributed by atoms with Crippen LogP contribution >= 0.6 is 0 Å². The van der Waals surface area contributed by atoms with Crippen molar-refractivity contribution in [3.8, 4) is 0 Å². The molecule has 0 spiro atoms. The minimum atomic E-state index is -2.11. The maximum absolute atomic E-state index is 13.7. The number of hydrogen-bond acceptors (Lipinski definition) is 0. The van der Waals surface area contributed by atoms with E-state index in [-0.39, 0.29) is 6.42 Å². The molecule has 0 saturated heterocycles. The van der Waals surface area contributed by atoms with Crippen LogP contribution in [0.1, 0.15) is 11.1 Å². The van der Waals surface area contributed by atoms with E-state index in [1.807, 2.05) is 43.4 Å². The summed E-state index contributed by atoms with van der Waals surface area (Å²) < 4.78 is 66.9. The second kappa shape index (κ2) is 6.82. The Morgan fingerprint density at radius 2 is 1.22 bits per heavy atom. The monoisotopic (exact) mass is 344 g/mol. The molecule has 0 radical (unpaired) electrons. The van der Waals surface area contributed by atoms with Crippen molar-refractivity contribution in [1.82, 2.24) is 0 Å². The Hall–Kier alpha value is -1.69. The van der Waals surface area contributed by atoms with Crippen molar-refractivity contribution in [3.05, 3.63) is 70.5 Å². The zero-order chi connectivity index (χ0) is 17.2. The Bertz CT molecular complexity index is 669. The number of hydrogen-bond donors (Lipinski definition) is 0. The lowest BCUT2D eigenvalue weighted by atomic mass is 10.1. The standard InChI is InChI=1S/C17H17F5Si/c1-23(2,10-11-6-4-3-5-7-11)9-8-12-13(18)15(20)17(22)16(21)14(12)19/h3-7H,8-10H2,1-2H3. The van der Waals surface area contributed by atoms with E-state index in [2.05, 4.69) is 0 Å². The molecule has 2 aromatic rings. The quantitative estimate of drug-likeness (QED) is 0.294. The maximum atomic E-state index is 13.7. The van der Waals surface area contributed by atoms with Gasteiger partial charge in [0.05, 0.1) is 8.07 Å². The van der Waals surface area contributed by atoms with Crippen LogP contribution in [0.3, 0.4) is 0 Å². The lowest BCUT2D eigenvalue weighted by molar-refractivity contribution is 0.370. The molecular formula is C17H17F5Si. The minimum absolute atomic E-state index is 0.155. The van der Waals surface area contributed by atoms with Crippen LogP contribution in [0.15, 0.2) is 30.3 Å². The zero-order valence-electron chi connectivity index (χ0n) is 12.9. The summed E-state index contributed by atoms with van der Waals surface area (Å²) in [5.74, 6) is -9.29. The summed E-state index contributed by atoms with van der Waals surface area (Å²) in [4.78, 5) is 0. The van der Waals surface area contributed by atoms with Crippen LogP contribution < -0.4 is 0 Å². The summed E-state index contributed by atoms with van der Waals surface area (Å²) in [7, 11) is -1.89. The molecule has 0 saturated carbocycles. The molecule has 2 aromatic carbocycles. The first kappa shape index (κ1) is 17.7. The van der Waals surface area contributed by atoms with Gasteiger partial charge in [0.1, 0.15) is 0 Å². The van der Waals surface area contributed by atoms with Gasteiger partial charge >= 0.3 is 0 Å². The van der Waals surface area contributed by atoms with E-state index < -0.39 is 42.7 Å². The molecule has 0 heterocycles. The molecule has 0 aliphatic carbocycles. The molecule has 0 aromatic heterocycles. The molecule has 0 N–H and O–H groups in total. The van der Waals surface area contributed by atoms with E-state index >= 15 is 0 Å². The third kappa shape index (κ3) is 3.99. The molecule has 2 rings (SSSR count). The Kier molecular flexibility index (Phi) is 5.24. The number of benzene rings is 2. The van der Waals surface area contributed by atoms with Crippen LogP contribution in [0.2, 0.25) is 19.1 Å². The average Bonchev–Trinajstić information content (AvgIpc) is 2.51. The predicted octanol–water partition coefficient (Wildman–Crippen LogP) is 5.41. The molecule has 23 heavy (non-hydrogen) atoms. The van der Waals surface area contributed by atoms with Gasteiger partial charge in [0.2, 0.25) is 5.82 Å². The van der Waals surface area contributed by atoms with Crippen molar-refractivity contribution in [2.45, 2.75) is 31.6 Å². The highest BCUT2D eigenvalue weighted by atomic mass is 28.3. The predicted molar refractivity (Wildman–Crippen MR) is 82.4 cm³/mol. The van der Waals surface area contributed by atoms with E-state index in [1.165, 1.54) is 0 Å². The molecule has 6 heteroatoms. The van der Waals surface area contributed by atoms with E-state index in [0.717, 1.165) is 11.6 Å². The fourth-order valence-corrected chi connectivity index (χ4v) is 5.01. The lowest BCUT2D eigenvalue weighted by Gasteiger charge is -2.23. The Balaban J connectivity index is 2.17.